The number of sulfonamides is 1. The Morgan fingerprint density at radius 2 is 1.85 bits per heavy atom. The Morgan fingerprint density at radius 1 is 1.15 bits per heavy atom. The molecule has 0 aromatic heterocycles. The second kappa shape index (κ2) is 9.19. The average molecular weight is 380 g/mol. The Kier molecular flexibility index (Phi) is 7.23. The van der Waals surface area contributed by atoms with Gasteiger partial charge in [-0.3, -0.25) is 4.79 Å². The van der Waals surface area contributed by atoms with Crippen molar-refractivity contribution in [1.29, 1.82) is 0 Å². The van der Waals surface area contributed by atoms with Crippen molar-refractivity contribution in [2.45, 2.75) is 32.1 Å². The third kappa shape index (κ3) is 6.46. The number of hydrogen-bond acceptors (Lipinski definition) is 4. The van der Waals surface area contributed by atoms with E-state index in [4.69, 9.17) is 0 Å². The number of anilines is 2. The van der Waals surface area contributed by atoms with Crippen LogP contribution in [0.25, 0.3) is 0 Å². The second-order valence-corrected chi connectivity index (χ2v) is 8.93. The summed E-state index contributed by atoms with van der Waals surface area (Å²) in [5.74, 6) is -0.328. The Hall–Kier alpha value is -1.86. The van der Waals surface area contributed by atoms with Crippen LogP contribution in [0.1, 0.15) is 32.1 Å². The number of amides is 1. The third-order valence-electron chi connectivity index (χ3n) is 4.52. The standard InChI is InChI=1S/C19H29N3O3S/c1-21(2)18-11-9-17(10-12-18)20-19(23)15-22(26(3,24)25)14-13-16-7-5-4-6-8-16/h7,9-12H,4-6,8,13-15H2,1-3H3,(H,20,23). The Balaban J connectivity index is 1.94. The maximum atomic E-state index is 12.3. The van der Waals surface area contributed by atoms with Gasteiger partial charge < -0.3 is 10.2 Å². The maximum Gasteiger partial charge on any atom is 0.239 e. The highest BCUT2D eigenvalue weighted by Gasteiger charge is 2.20. The molecule has 0 atom stereocenters. The van der Waals surface area contributed by atoms with Gasteiger partial charge in [-0.15, -0.1) is 0 Å². The summed E-state index contributed by atoms with van der Waals surface area (Å²) in [6.45, 7) is 0.180. The summed E-state index contributed by atoms with van der Waals surface area (Å²) in [7, 11) is 0.455. The molecule has 0 radical (unpaired) electrons. The molecule has 6 nitrogen and oxygen atoms in total. The smallest absolute Gasteiger partial charge is 0.239 e. The van der Waals surface area contributed by atoms with Gasteiger partial charge in [-0.1, -0.05) is 11.6 Å². The molecule has 0 heterocycles. The Morgan fingerprint density at radius 3 is 2.38 bits per heavy atom. The molecule has 1 aromatic rings. The van der Waals surface area contributed by atoms with Gasteiger partial charge in [-0.25, -0.2) is 8.42 Å². The third-order valence-corrected chi connectivity index (χ3v) is 5.77. The van der Waals surface area contributed by atoms with Crippen molar-refractivity contribution in [3.8, 4) is 0 Å². The van der Waals surface area contributed by atoms with Crippen molar-refractivity contribution in [3.63, 3.8) is 0 Å². The second-order valence-electron chi connectivity index (χ2n) is 6.94. The predicted octanol–water partition coefficient (Wildman–Crippen LogP) is 2.84. The molecular formula is C19H29N3O3S. The van der Waals surface area contributed by atoms with Crippen LogP contribution < -0.4 is 10.2 Å². The van der Waals surface area contributed by atoms with Crippen LogP contribution in [-0.2, 0) is 14.8 Å². The largest absolute Gasteiger partial charge is 0.378 e. The molecule has 1 aliphatic rings. The lowest BCUT2D eigenvalue weighted by atomic mass is 9.97. The van der Waals surface area contributed by atoms with Crippen LogP contribution in [0.4, 0.5) is 11.4 Å². The summed E-state index contributed by atoms with van der Waals surface area (Å²) >= 11 is 0. The monoisotopic (exact) mass is 379 g/mol. The first-order valence-corrected chi connectivity index (χ1v) is 10.8. The Bertz CT molecular complexity index is 740. The molecule has 0 unspecified atom stereocenters. The molecule has 0 saturated carbocycles. The normalized spacial score (nSPS) is 14.8. The van der Waals surface area contributed by atoms with E-state index in [1.807, 2.05) is 43.3 Å². The molecule has 2 rings (SSSR count). The van der Waals surface area contributed by atoms with E-state index in [0.29, 0.717) is 18.7 Å². The molecule has 0 aliphatic heterocycles. The van der Waals surface area contributed by atoms with E-state index in [9.17, 15) is 13.2 Å². The van der Waals surface area contributed by atoms with E-state index >= 15 is 0 Å². The molecule has 0 fully saturated rings. The summed E-state index contributed by atoms with van der Waals surface area (Å²) in [5, 5.41) is 2.77. The number of allylic oxidation sites excluding steroid dienone is 1. The van der Waals surface area contributed by atoms with Gasteiger partial charge in [0.1, 0.15) is 0 Å². The minimum absolute atomic E-state index is 0.165. The van der Waals surface area contributed by atoms with Gasteiger partial charge in [-0.2, -0.15) is 4.31 Å². The van der Waals surface area contributed by atoms with Crippen LogP contribution >= 0.6 is 0 Å². The summed E-state index contributed by atoms with van der Waals surface area (Å²) in [5.41, 5.74) is 2.98. The molecule has 1 aliphatic carbocycles. The lowest BCUT2D eigenvalue weighted by Gasteiger charge is -2.21. The fourth-order valence-corrected chi connectivity index (χ4v) is 3.74. The van der Waals surface area contributed by atoms with Gasteiger partial charge >= 0.3 is 0 Å². The van der Waals surface area contributed by atoms with E-state index in [1.54, 1.807) is 0 Å². The number of nitrogens with zero attached hydrogens (tertiary/aromatic N) is 2. The van der Waals surface area contributed by atoms with Crippen molar-refractivity contribution in [3.05, 3.63) is 35.9 Å². The molecule has 7 heteroatoms. The summed E-state index contributed by atoms with van der Waals surface area (Å²) < 4.78 is 25.3. The zero-order chi connectivity index (χ0) is 19.2. The number of nitrogens with one attached hydrogen (secondary N) is 1. The van der Waals surface area contributed by atoms with Crippen LogP contribution in [0.2, 0.25) is 0 Å². The van der Waals surface area contributed by atoms with Crippen LogP contribution in [0, 0.1) is 0 Å². The molecule has 0 bridgehead atoms. The zero-order valence-electron chi connectivity index (χ0n) is 15.9. The molecule has 1 N–H and O–H groups in total. The molecule has 144 valence electrons. The highest BCUT2D eigenvalue weighted by Crippen LogP contribution is 2.21. The number of benzene rings is 1. The van der Waals surface area contributed by atoms with Crippen LogP contribution in [0.15, 0.2) is 35.9 Å². The Labute approximate surface area is 156 Å². The van der Waals surface area contributed by atoms with Crippen molar-refractivity contribution in [2.24, 2.45) is 0 Å². The quantitative estimate of drug-likeness (QED) is 0.705. The first kappa shape index (κ1) is 20.5. The highest BCUT2D eigenvalue weighted by atomic mass is 32.2. The summed E-state index contributed by atoms with van der Waals surface area (Å²) in [6.07, 6.45) is 8.51. The number of carbonyl (C=O) groups is 1. The number of carbonyl (C=O) groups excluding carboxylic acids is 1. The lowest BCUT2D eigenvalue weighted by Crippen LogP contribution is -2.38. The van der Waals surface area contributed by atoms with Crippen LogP contribution in [-0.4, -0.2) is 52.1 Å². The fraction of sp³-hybridized carbons (Fsp3) is 0.526. The van der Waals surface area contributed by atoms with Crippen molar-refractivity contribution in [2.75, 3.05) is 43.7 Å². The van der Waals surface area contributed by atoms with Gasteiger partial charge in [0.2, 0.25) is 15.9 Å². The van der Waals surface area contributed by atoms with Crippen LogP contribution in [0.5, 0.6) is 0 Å². The first-order valence-electron chi connectivity index (χ1n) is 8.96. The summed E-state index contributed by atoms with van der Waals surface area (Å²) in [6, 6.07) is 7.43. The van der Waals surface area contributed by atoms with E-state index in [0.717, 1.165) is 31.2 Å². The molecular weight excluding hydrogens is 350 g/mol. The van der Waals surface area contributed by atoms with Crippen molar-refractivity contribution >= 4 is 27.3 Å². The first-order chi connectivity index (χ1) is 12.3. The minimum Gasteiger partial charge on any atom is -0.378 e. The zero-order valence-corrected chi connectivity index (χ0v) is 16.7. The minimum atomic E-state index is -3.43. The van der Waals surface area contributed by atoms with Crippen molar-refractivity contribution in [1.82, 2.24) is 4.31 Å². The fourth-order valence-electron chi connectivity index (χ4n) is 2.97. The summed E-state index contributed by atoms with van der Waals surface area (Å²) in [4.78, 5) is 14.3. The van der Waals surface area contributed by atoms with E-state index in [2.05, 4.69) is 11.4 Å². The average Bonchev–Trinajstić information content (AvgIpc) is 2.59. The molecule has 0 spiro atoms. The lowest BCUT2D eigenvalue weighted by molar-refractivity contribution is -0.116. The molecule has 1 amide bonds. The van der Waals surface area contributed by atoms with Gasteiger partial charge in [0.05, 0.1) is 12.8 Å². The molecule has 26 heavy (non-hydrogen) atoms. The van der Waals surface area contributed by atoms with Gasteiger partial charge in [-0.05, 0) is 56.4 Å². The molecule has 0 saturated heterocycles. The van der Waals surface area contributed by atoms with E-state index < -0.39 is 10.0 Å². The predicted molar refractivity (Wildman–Crippen MR) is 107 cm³/mol. The van der Waals surface area contributed by atoms with Gasteiger partial charge in [0.25, 0.3) is 0 Å². The van der Waals surface area contributed by atoms with Crippen LogP contribution in [0.3, 0.4) is 0 Å². The molecule has 1 aromatic carbocycles. The van der Waals surface area contributed by atoms with E-state index in [1.165, 1.54) is 16.3 Å². The highest BCUT2D eigenvalue weighted by molar-refractivity contribution is 7.88. The maximum absolute atomic E-state index is 12.3. The van der Waals surface area contributed by atoms with E-state index in [-0.39, 0.29) is 12.5 Å². The SMILES string of the molecule is CN(C)c1ccc(NC(=O)CN(CCC2=CCCCC2)S(C)(=O)=O)cc1. The number of rotatable bonds is 8. The van der Waals surface area contributed by atoms with Gasteiger partial charge in [0.15, 0.2) is 0 Å². The topological polar surface area (TPSA) is 69.7 Å². The van der Waals surface area contributed by atoms with Crippen molar-refractivity contribution < 1.29 is 13.2 Å². The van der Waals surface area contributed by atoms with Gasteiger partial charge in [0, 0.05) is 32.0 Å². The number of hydrogen-bond donors (Lipinski definition) is 1.